The maximum absolute atomic E-state index is 11.8. The molecule has 0 fully saturated rings. The van der Waals surface area contributed by atoms with E-state index in [-0.39, 0.29) is 17.7 Å². The Morgan fingerprint density at radius 1 is 1.32 bits per heavy atom. The van der Waals surface area contributed by atoms with Gasteiger partial charge in [0.25, 0.3) is 0 Å². The van der Waals surface area contributed by atoms with Gasteiger partial charge in [0.05, 0.1) is 0 Å². The third kappa shape index (κ3) is 9.15. The van der Waals surface area contributed by atoms with Crippen molar-refractivity contribution < 1.29 is 19.4 Å². The fourth-order valence-electron chi connectivity index (χ4n) is 1.73. The molecule has 0 heterocycles. The Morgan fingerprint density at radius 2 is 1.86 bits per heavy atom. The lowest BCUT2D eigenvalue weighted by Gasteiger charge is -2.25. The van der Waals surface area contributed by atoms with Crippen LogP contribution in [-0.4, -0.2) is 34.5 Å². The molecule has 1 unspecified atom stereocenters. The van der Waals surface area contributed by atoms with Crippen LogP contribution in [0.2, 0.25) is 0 Å². The zero-order chi connectivity index (χ0) is 17.5. The van der Waals surface area contributed by atoms with Crippen LogP contribution in [-0.2, 0) is 9.53 Å². The smallest absolute Gasteiger partial charge is 0.407 e. The number of amides is 1. The first-order chi connectivity index (χ1) is 9.92. The van der Waals surface area contributed by atoms with Crippen LogP contribution in [0.25, 0.3) is 0 Å². The molecule has 22 heavy (non-hydrogen) atoms. The summed E-state index contributed by atoms with van der Waals surface area (Å²) in [7, 11) is 0. The first kappa shape index (κ1) is 20.1. The number of hydrogen-bond acceptors (Lipinski definition) is 4. The normalized spacial score (nSPS) is 13.7. The van der Waals surface area contributed by atoms with E-state index in [4.69, 9.17) is 9.84 Å². The Bertz CT molecular complexity index is 448. The number of carbonyl (C=O) groups is 2. The highest BCUT2D eigenvalue weighted by Gasteiger charge is 2.21. The number of hydrogen-bond donors (Lipinski definition) is 2. The van der Waals surface area contributed by atoms with Crippen molar-refractivity contribution in [2.75, 3.05) is 0 Å². The quantitative estimate of drug-likeness (QED) is 0.557. The van der Waals surface area contributed by atoms with Gasteiger partial charge in [-0.2, -0.15) is 0 Å². The average Bonchev–Trinajstić information content (AvgIpc) is 2.31. The van der Waals surface area contributed by atoms with Crippen LogP contribution < -0.4 is 5.32 Å². The maximum atomic E-state index is 11.8. The number of aliphatic imine (C=N–C) groups is 1. The second-order valence-corrected chi connectivity index (χ2v) is 6.63. The summed E-state index contributed by atoms with van der Waals surface area (Å²) in [5.41, 5.74) is -0.0508. The molecule has 2 N–H and O–H groups in total. The number of nitrogens with one attached hydrogen (secondary N) is 1. The Hall–Kier alpha value is -1.85. The number of rotatable bonds is 7. The largest absolute Gasteiger partial charge is 0.477 e. The number of nitrogens with zero attached hydrogens (tertiary/aromatic N) is 1. The molecular formula is C16H28N2O4. The molecule has 0 rings (SSSR count). The van der Waals surface area contributed by atoms with E-state index in [2.05, 4.69) is 16.9 Å². The van der Waals surface area contributed by atoms with Crippen molar-refractivity contribution in [3.05, 3.63) is 12.3 Å². The molecule has 126 valence electrons. The van der Waals surface area contributed by atoms with Crippen molar-refractivity contribution in [2.24, 2.45) is 10.9 Å². The SMILES string of the molecule is C=C(/N=C(\C)CCC(NC(=O)OC(C)(C)C)C(C)C)C(=O)O. The molecule has 0 radical (unpaired) electrons. The van der Waals surface area contributed by atoms with Gasteiger partial charge in [-0.3, -0.25) is 4.99 Å². The minimum atomic E-state index is -1.13. The molecule has 1 amide bonds. The lowest BCUT2D eigenvalue weighted by molar-refractivity contribution is -0.132. The molecular weight excluding hydrogens is 284 g/mol. The lowest BCUT2D eigenvalue weighted by Crippen LogP contribution is -2.42. The molecule has 0 aliphatic carbocycles. The van der Waals surface area contributed by atoms with Gasteiger partial charge in [-0.15, -0.1) is 0 Å². The molecule has 0 aliphatic rings. The van der Waals surface area contributed by atoms with Gasteiger partial charge in [0.1, 0.15) is 11.3 Å². The number of carboxylic acid groups (broad SMARTS) is 1. The van der Waals surface area contributed by atoms with Gasteiger partial charge < -0.3 is 15.2 Å². The number of ether oxygens (including phenoxy) is 1. The van der Waals surface area contributed by atoms with Crippen LogP contribution in [0.1, 0.15) is 54.4 Å². The molecule has 0 aromatic heterocycles. The molecule has 0 spiro atoms. The summed E-state index contributed by atoms with van der Waals surface area (Å²) in [5.74, 6) is -0.908. The molecule has 1 atom stereocenters. The molecule has 0 saturated heterocycles. The number of carbonyl (C=O) groups excluding carboxylic acids is 1. The summed E-state index contributed by atoms with van der Waals surface area (Å²) in [5, 5.41) is 11.6. The number of aliphatic carboxylic acids is 1. The topological polar surface area (TPSA) is 88.0 Å². The first-order valence-electron chi connectivity index (χ1n) is 7.38. The fourth-order valence-corrected chi connectivity index (χ4v) is 1.73. The third-order valence-corrected chi connectivity index (χ3v) is 2.90. The highest BCUT2D eigenvalue weighted by Crippen LogP contribution is 2.13. The van der Waals surface area contributed by atoms with Gasteiger partial charge in [-0.05, 0) is 46.5 Å². The summed E-state index contributed by atoms with van der Waals surface area (Å²) >= 11 is 0. The van der Waals surface area contributed by atoms with Crippen LogP contribution in [0.15, 0.2) is 17.3 Å². The lowest BCUT2D eigenvalue weighted by atomic mass is 9.98. The van der Waals surface area contributed by atoms with E-state index >= 15 is 0 Å². The van der Waals surface area contributed by atoms with E-state index < -0.39 is 17.7 Å². The monoisotopic (exact) mass is 312 g/mol. The van der Waals surface area contributed by atoms with E-state index in [1.807, 2.05) is 34.6 Å². The van der Waals surface area contributed by atoms with Gasteiger partial charge in [-0.25, -0.2) is 9.59 Å². The van der Waals surface area contributed by atoms with Gasteiger partial charge in [-0.1, -0.05) is 20.4 Å². The molecule has 0 aromatic carbocycles. The molecule has 6 nitrogen and oxygen atoms in total. The van der Waals surface area contributed by atoms with E-state index in [9.17, 15) is 9.59 Å². The van der Waals surface area contributed by atoms with E-state index in [0.717, 1.165) is 0 Å². The predicted octanol–water partition coefficient (Wildman–Crippen LogP) is 3.38. The summed E-state index contributed by atoms with van der Waals surface area (Å²) in [4.78, 5) is 26.4. The third-order valence-electron chi connectivity index (χ3n) is 2.90. The highest BCUT2D eigenvalue weighted by atomic mass is 16.6. The summed E-state index contributed by atoms with van der Waals surface area (Å²) < 4.78 is 5.25. The Labute approximate surface area is 132 Å². The van der Waals surface area contributed by atoms with Gasteiger partial charge in [0.2, 0.25) is 0 Å². The van der Waals surface area contributed by atoms with Crippen molar-refractivity contribution in [1.29, 1.82) is 0 Å². The van der Waals surface area contributed by atoms with Gasteiger partial charge in [0, 0.05) is 11.8 Å². The fraction of sp³-hybridized carbons (Fsp3) is 0.688. The molecule has 0 bridgehead atoms. The summed E-state index contributed by atoms with van der Waals surface area (Å²) in [6.07, 6.45) is 0.778. The minimum absolute atomic E-state index is 0.0712. The van der Waals surface area contributed by atoms with E-state index in [1.165, 1.54) is 0 Å². The molecule has 0 aromatic rings. The van der Waals surface area contributed by atoms with Crippen LogP contribution in [0.5, 0.6) is 0 Å². The predicted molar refractivity (Wildman–Crippen MR) is 87.1 cm³/mol. The summed E-state index contributed by atoms with van der Waals surface area (Å²) in [6, 6.07) is -0.0712. The van der Waals surface area contributed by atoms with Crippen molar-refractivity contribution in [3.63, 3.8) is 0 Å². The van der Waals surface area contributed by atoms with Crippen molar-refractivity contribution in [1.82, 2.24) is 5.32 Å². The number of alkyl carbamates (subject to hydrolysis) is 1. The van der Waals surface area contributed by atoms with Crippen molar-refractivity contribution in [3.8, 4) is 0 Å². The molecule has 6 heteroatoms. The zero-order valence-electron chi connectivity index (χ0n) is 14.4. The Morgan fingerprint density at radius 3 is 2.27 bits per heavy atom. The molecule has 0 saturated carbocycles. The Balaban J connectivity index is 4.58. The summed E-state index contributed by atoms with van der Waals surface area (Å²) in [6.45, 7) is 14.6. The van der Waals surface area contributed by atoms with Gasteiger partial charge >= 0.3 is 12.1 Å². The first-order valence-corrected chi connectivity index (χ1v) is 7.38. The highest BCUT2D eigenvalue weighted by molar-refractivity contribution is 5.91. The van der Waals surface area contributed by atoms with Gasteiger partial charge in [0.15, 0.2) is 0 Å². The maximum Gasteiger partial charge on any atom is 0.407 e. The number of carboxylic acids is 1. The van der Waals surface area contributed by atoms with Crippen LogP contribution >= 0.6 is 0 Å². The molecule has 0 aliphatic heterocycles. The van der Waals surface area contributed by atoms with Crippen molar-refractivity contribution in [2.45, 2.75) is 66.0 Å². The average molecular weight is 312 g/mol. The van der Waals surface area contributed by atoms with E-state index in [1.54, 1.807) is 6.92 Å². The van der Waals surface area contributed by atoms with Crippen molar-refractivity contribution >= 4 is 17.8 Å². The van der Waals surface area contributed by atoms with E-state index in [0.29, 0.717) is 18.6 Å². The second kappa shape index (κ2) is 8.56. The van der Waals surface area contributed by atoms with Crippen LogP contribution in [0, 0.1) is 5.92 Å². The zero-order valence-corrected chi connectivity index (χ0v) is 14.4. The minimum Gasteiger partial charge on any atom is -0.477 e. The Kier molecular flexibility index (Phi) is 7.84. The van der Waals surface area contributed by atoms with Crippen LogP contribution in [0.3, 0.4) is 0 Å². The second-order valence-electron chi connectivity index (χ2n) is 6.63. The van der Waals surface area contributed by atoms with Crippen LogP contribution in [0.4, 0.5) is 4.79 Å². The standard InChI is InChI=1S/C16H28N2O4/c1-10(2)13(18-15(21)22-16(5,6)7)9-8-11(3)17-12(4)14(19)20/h10,13H,4,8-9H2,1-3,5-7H3,(H,18,21)(H,19,20)/b17-11+.